The lowest BCUT2D eigenvalue weighted by Crippen LogP contribution is -2.27. The van der Waals surface area contributed by atoms with Crippen LogP contribution < -0.4 is 0 Å². The molecule has 2 nitrogen and oxygen atoms in total. The number of ketones is 1. The van der Waals surface area contributed by atoms with Crippen molar-refractivity contribution in [2.24, 2.45) is 0 Å². The zero-order chi connectivity index (χ0) is 11.3. The molecule has 1 aliphatic carbocycles. The second-order valence-corrected chi connectivity index (χ2v) is 3.25. The van der Waals surface area contributed by atoms with Crippen LogP contribution in [0.1, 0.15) is 6.92 Å². The number of aliphatic hydroxyl groups is 1. The lowest BCUT2D eigenvalue weighted by molar-refractivity contribution is -0.110. The summed E-state index contributed by atoms with van der Waals surface area (Å²) in [7, 11) is 0. The molecular weight excluding hydrogens is 188 g/mol. The van der Waals surface area contributed by atoms with E-state index in [4.69, 9.17) is 0 Å². The molecule has 0 aromatic rings. The third-order valence-electron chi connectivity index (χ3n) is 2.15. The summed E-state index contributed by atoms with van der Waals surface area (Å²) in [6.07, 6.45) is 12.6. The van der Waals surface area contributed by atoms with Gasteiger partial charge in [0.25, 0.3) is 0 Å². The Labute approximate surface area is 89.6 Å². The molecule has 15 heavy (non-hydrogen) atoms. The first kappa shape index (κ1) is 11.4. The highest BCUT2D eigenvalue weighted by Gasteiger charge is 2.25. The summed E-state index contributed by atoms with van der Waals surface area (Å²) in [4.78, 5) is 10.9. The first-order valence-corrected chi connectivity index (χ1v) is 4.73. The summed E-state index contributed by atoms with van der Waals surface area (Å²) in [6.45, 7) is 5.52. The van der Waals surface area contributed by atoms with Crippen LogP contribution >= 0.6 is 0 Å². The summed E-state index contributed by atoms with van der Waals surface area (Å²) in [5.41, 5.74) is -0.574. The van der Waals surface area contributed by atoms with Gasteiger partial charge in [-0.05, 0) is 36.8 Å². The Bertz CT molecular complexity index is 365. The molecule has 0 fully saturated rings. The molecule has 0 unspecified atom stereocenters. The Kier molecular flexibility index (Phi) is 3.58. The zero-order valence-corrected chi connectivity index (χ0v) is 8.68. The molecule has 0 atom stereocenters. The van der Waals surface area contributed by atoms with E-state index in [0.717, 1.165) is 0 Å². The molecule has 0 aromatic carbocycles. The molecule has 2 heteroatoms. The van der Waals surface area contributed by atoms with E-state index < -0.39 is 5.60 Å². The third-order valence-corrected chi connectivity index (χ3v) is 2.15. The average molecular weight is 202 g/mol. The van der Waals surface area contributed by atoms with E-state index in [9.17, 15) is 9.90 Å². The Balaban J connectivity index is 3.04. The van der Waals surface area contributed by atoms with Gasteiger partial charge in [0.2, 0.25) is 0 Å². The predicted octanol–water partition coefficient (Wildman–Crippen LogP) is 2.10. The minimum absolute atomic E-state index is 0.117. The van der Waals surface area contributed by atoms with E-state index in [0.29, 0.717) is 5.57 Å². The predicted molar refractivity (Wildman–Crippen MR) is 61.3 cm³/mol. The van der Waals surface area contributed by atoms with Crippen molar-refractivity contribution in [2.75, 3.05) is 0 Å². The van der Waals surface area contributed by atoms with Gasteiger partial charge in [-0.2, -0.15) is 0 Å². The minimum Gasteiger partial charge on any atom is -0.377 e. The lowest BCUT2D eigenvalue weighted by atomic mass is 9.89. The SMILES string of the molecule is C=C/C(=C\C=C/C)C1(O)C=CC(=O)C=C1. The number of allylic oxidation sites excluding steroid dienone is 5. The topological polar surface area (TPSA) is 37.3 Å². The largest absolute Gasteiger partial charge is 0.377 e. The van der Waals surface area contributed by atoms with Crippen molar-refractivity contribution in [3.63, 3.8) is 0 Å². The van der Waals surface area contributed by atoms with E-state index >= 15 is 0 Å². The summed E-state index contributed by atoms with van der Waals surface area (Å²) >= 11 is 0. The summed E-state index contributed by atoms with van der Waals surface area (Å²) < 4.78 is 0. The van der Waals surface area contributed by atoms with Crippen molar-refractivity contribution < 1.29 is 9.90 Å². The van der Waals surface area contributed by atoms with Crippen molar-refractivity contribution in [3.05, 3.63) is 60.8 Å². The van der Waals surface area contributed by atoms with E-state index in [1.54, 1.807) is 12.2 Å². The van der Waals surface area contributed by atoms with E-state index in [2.05, 4.69) is 6.58 Å². The summed E-state index contributed by atoms with van der Waals surface area (Å²) in [5, 5.41) is 10.2. The van der Waals surface area contributed by atoms with Gasteiger partial charge < -0.3 is 5.11 Å². The fourth-order valence-corrected chi connectivity index (χ4v) is 1.29. The van der Waals surface area contributed by atoms with Crippen molar-refractivity contribution in [1.82, 2.24) is 0 Å². The molecule has 0 radical (unpaired) electrons. The molecule has 0 aromatic heterocycles. The Hall–Kier alpha value is -1.67. The van der Waals surface area contributed by atoms with Crippen LogP contribution in [0.4, 0.5) is 0 Å². The first-order chi connectivity index (χ1) is 7.12. The quantitative estimate of drug-likeness (QED) is 0.711. The second-order valence-electron chi connectivity index (χ2n) is 3.25. The van der Waals surface area contributed by atoms with Gasteiger partial charge in [-0.15, -0.1) is 0 Å². The van der Waals surface area contributed by atoms with Crippen LogP contribution in [0.2, 0.25) is 0 Å². The van der Waals surface area contributed by atoms with Gasteiger partial charge in [0.1, 0.15) is 5.60 Å². The zero-order valence-electron chi connectivity index (χ0n) is 8.68. The van der Waals surface area contributed by atoms with Crippen molar-refractivity contribution in [2.45, 2.75) is 12.5 Å². The standard InChI is InChI=1S/C13H14O2/c1-3-5-6-11(4-2)13(15)9-7-12(14)8-10-13/h3-10,15H,2H2,1H3/b5-3-,11-6+. The second kappa shape index (κ2) is 4.71. The smallest absolute Gasteiger partial charge is 0.178 e. The number of hydrogen-bond acceptors (Lipinski definition) is 2. The lowest BCUT2D eigenvalue weighted by Gasteiger charge is -2.23. The molecule has 0 heterocycles. The van der Waals surface area contributed by atoms with E-state index in [1.807, 2.05) is 19.1 Å². The highest BCUT2D eigenvalue weighted by Crippen LogP contribution is 2.24. The van der Waals surface area contributed by atoms with Gasteiger partial charge in [0.15, 0.2) is 5.78 Å². The molecule has 78 valence electrons. The molecule has 0 amide bonds. The number of rotatable bonds is 3. The highest BCUT2D eigenvalue weighted by molar-refractivity contribution is 6.00. The van der Waals surface area contributed by atoms with Crippen LogP contribution in [-0.2, 0) is 4.79 Å². The van der Waals surface area contributed by atoms with Crippen molar-refractivity contribution in [1.29, 1.82) is 0 Å². The van der Waals surface area contributed by atoms with Gasteiger partial charge in [0.05, 0.1) is 0 Å². The minimum atomic E-state index is -1.21. The van der Waals surface area contributed by atoms with Crippen LogP contribution in [0.5, 0.6) is 0 Å². The normalized spacial score (nSPS) is 19.9. The molecule has 0 aliphatic heterocycles. The highest BCUT2D eigenvalue weighted by atomic mass is 16.3. The van der Waals surface area contributed by atoms with Crippen LogP contribution in [-0.4, -0.2) is 16.5 Å². The van der Waals surface area contributed by atoms with Gasteiger partial charge >= 0.3 is 0 Å². The third kappa shape index (κ3) is 2.64. The van der Waals surface area contributed by atoms with Crippen molar-refractivity contribution >= 4 is 5.78 Å². The Morgan fingerprint density at radius 3 is 2.53 bits per heavy atom. The van der Waals surface area contributed by atoms with Gasteiger partial charge in [0, 0.05) is 0 Å². The molecule has 1 aliphatic rings. The van der Waals surface area contributed by atoms with Crippen LogP contribution in [0.25, 0.3) is 0 Å². The maximum absolute atomic E-state index is 10.9. The number of carbonyl (C=O) groups is 1. The molecule has 1 N–H and O–H groups in total. The van der Waals surface area contributed by atoms with E-state index in [1.165, 1.54) is 24.3 Å². The molecule has 1 rings (SSSR count). The van der Waals surface area contributed by atoms with Gasteiger partial charge in [-0.3, -0.25) is 4.79 Å². The van der Waals surface area contributed by atoms with Crippen LogP contribution in [0.3, 0.4) is 0 Å². The van der Waals surface area contributed by atoms with Crippen molar-refractivity contribution in [3.8, 4) is 0 Å². The first-order valence-electron chi connectivity index (χ1n) is 4.73. The maximum Gasteiger partial charge on any atom is 0.178 e. The maximum atomic E-state index is 10.9. The molecule has 0 saturated carbocycles. The fraction of sp³-hybridized carbons (Fsp3) is 0.154. The summed E-state index contributed by atoms with van der Waals surface area (Å²) in [6, 6.07) is 0. The fourth-order valence-electron chi connectivity index (χ4n) is 1.29. The molecular formula is C13H14O2. The Morgan fingerprint density at radius 2 is 2.07 bits per heavy atom. The number of carbonyl (C=O) groups excluding carboxylic acids is 1. The van der Waals surface area contributed by atoms with Gasteiger partial charge in [-0.1, -0.05) is 30.9 Å². The summed E-state index contributed by atoms with van der Waals surface area (Å²) in [5.74, 6) is -0.117. The van der Waals surface area contributed by atoms with Crippen LogP contribution in [0, 0.1) is 0 Å². The average Bonchev–Trinajstić information content (AvgIpc) is 2.24. The molecule has 0 bridgehead atoms. The Morgan fingerprint density at radius 1 is 1.47 bits per heavy atom. The molecule has 0 saturated heterocycles. The van der Waals surface area contributed by atoms with Crippen LogP contribution in [0.15, 0.2) is 60.8 Å². The number of hydrogen-bond donors (Lipinski definition) is 1. The van der Waals surface area contributed by atoms with Gasteiger partial charge in [-0.25, -0.2) is 0 Å². The molecule has 0 spiro atoms. The monoisotopic (exact) mass is 202 g/mol. The van der Waals surface area contributed by atoms with E-state index in [-0.39, 0.29) is 5.78 Å².